The number of ether oxygens (including phenoxy) is 1. The number of rotatable bonds is 6. The predicted octanol–water partition coefficient (Wildman–Crippen LogP) is 2.44. The van der Waals surface area contributed by atoms with Gasteiger partial charge in [-0.3, -0.25) is 4.79 Å². The average Bonchev–Trinajstić information content (AvgIpc) is 2.67. The van der Waals surface area contributed by atoms with Crippen LogP contribution < -0.4 is 15.5 Å². The molecule has 1 heterocycles. The first-order valence-corrected chi connectivity index (χ1v) is 9.31. The van der Waals surface area contributed by atoms with Crippen LogP contribution in [0.1, 0.15) is 18.5 Å². The van der Waals surface area contributed by atoms with Gasteiger partial charge in [0.2, 0.25) is 0 Å². The SMILES string of the molecule is C[C@H]([NH2+]CC(=O)Nc1ccc(N2CCOCC2)cc1)c1cccc(Cl)c1. The van der Waals surface area contributed by atoms with Crippen LogP contribution in [0.5, 0.6) is 0 Å². The molecule has 1 saturated heterocycles. The number of carbonyl (C=O) groups excluding carboxylic acids is 1. The number of hydrogen-bond donors (Lipinski definition) is 2. The fourth-order valence-corrected chi connectivity index (χ4v) is 3.20. The third-order valence-electron chi connectivity index (χ3n) is 4.56. The van der Waals surface area contributed by atoms with Gasteiger partial charge in [0, 0.05) is 35.1 Å². The monoisotopic (exact) mass is 374 g/mol. The molecule has 1 amide bonds. The Morgan fingerprint density at radius 1 is 1.23 bits per heavy atom. The quantitative estimate of drug-likeness (QED) is 0.816. The van der Waals surface area contributed by atoms with Crippen LogP contribution >= 0.6 is 11.6 Å². The number of hydrogen-bond acceptors (Lipinski definition) is 3. The average molecular weight is 375 g/mol. The van der Waals surface area contributed by atoms with Crippen molar-refractivity contribution >= 4 is 28.9 Å². The predicted molar refractivity (Wildman–Crippen MR) is 105 cm³/mol. The molecule has 0 unspecified atom stereocenters. The maximum atomic E-state index is 12.2. The highest BCUT2D eigenvalue weighted by Gasteiger charge is 2.13. The molecule has 0 aromatic heterocycles. The molecule has 138 valence electrons. The molecule has 1 aliphatic heterocycles. The molecule has 2 aromatic rings. The molecule has 1 aliphatic rings. The van der Waals surface area contributed by atoms with E-state index in [0.717, 1.165) is 43.2 Å². The molecule has 6 heteroatoms. The third kappa shape index (κ3) is 5.21. The molecule has 0 saturated carbocycles. The van der Waals surface area contributed by atoms with Crippen molar-refractivity contribution < 1.29 is 14.8 Å². The molecule has 0 spiro atoms. The Morgan fingerprint density at radius 2 is 1.96 bits per heavy atom. The largest absolute Gasteiger partial charge is 0.378 e. The van der Waals surface area contributed by atoms with Crippen molar-refractivity contribution in [2.45, 2.75) is 13.0 Å². The lowest BCUT2D eigenvalue weighted by molar-refractivity contribution is -0.682. The molecular weight excluding hydrogens is 350 g/mol. The fourth-order valence-electron chi connectivity index (χ4n) is 3.00. The highest BCUT2D eigenvalue weighted by Crippen LogP contribution is 2.19. The van der Waals surface area contributed by atoms with Gasteiger partial charge in [0.15, 0.2) is 6.54 Å². The second kappa shape index (κ2) is 9.03. The highest BCUT2D eigenvalue weighted by atomic mass is 35.5. The van der Waals surface area contributed by atoms with Gasteiger partial charge in [-0.15, -0.1) is 0 Å². The zero-order valence-corrected chi connectivity index (χ0v) is 15.7. The summed E-state index contributed by atoms with van der Waals surface area (Å²) in [6.45, 7) is 5.76. The first-order chi connectivity index (χ1) is 12.6. The van der Waals surface area contributed by atoms with E-state index in [4.69, 9.17) is 16.3 Å². The van der Waals surface area contributed by atoms with Crippen molar-refractivity contribution in [3.8, 4) is 0 Å². The lowest BCUT2D eigenvalue weighted by Gasteiger charge is -2.28. The summed E-state index contributed by atoms with van der Waals surface area (Å²) in [4.78, 5) is 14.5. The Hall–Kier alpha value is -2.08. The lowest BCUT2D eigenvalue weighted by Crippen LogP contribution is -2.86. The number of carbonyl (C=O) groups is 1. The van der Waals surface area contributed by atoms with Crippen LogP contribution in [0.25, 0.3) is 0 Å². The Bertz CT molecular complexity index is 730. The molecule has 3 rings (SSSR count). The molecule has 0 aliphatic carbocycles. The number of nitrogens with two attached hydrogens (primary N) is 1. The minimum Gasteiger partial charge on any atom is -0.378 e. The number of quaternary nitrogens is 1. The van der Waals surface area contributed by atoms with E-state index in [2.05, 4.69) is 17.1 Å². The van der Waals surface area contributed by atoms with Gasteiger partial charge in [-0.1, -0.05) is 23.7 Å². The smallest absolute Gasteiger partial charge is 0.279 e. The molecule has 0 radical (unpaired) electrons. The van der Waals surface area contributed by atoms with Gasteiger partial charge in [0.05, 0.1) is 13.2 Å². The molecule has 1 atom stereocenters. The second-order valence-electron chi connectivity index (χ2n) is 6.48. The number of anilines is 2. The number of morpholine rings is 1. The van der Waals surface area contributed by atoms with Crippen molar-refractivity contribution in [3.63, 3.8) is 0 Å². The number of amides is 1. The summed E-state index contributed by atoms with van der Waals surface area (Å²) in [7, 11) is 0. The van der Waals surface area contributed by atoms with Crippen LogP contribution in [0.2, 0.25) is 5.02 Å². The van der Waals surface area contributed by atoms with Crippen LogP contribution in [0.3, 0.4) is 0 Å². The van der Waals surface area contributed by atoms with Crippen molar-refractivity contribution in [2.24, 2.45) is 0 Å². The van der Waals surface area contributed by atoms with Crippen molar-refractivity contribution in [2.75, 3.05) is 43.1 Å². The van der Waals surface area contributed by atoms with Gasteiger partial charge in [0.25, 0.3) is 5.91 Å². The summed E-state index contributed by atoms with van der Waals surface area (Å²) in [6.07, 6.45) is 0. The van der Waals surface area contributed by atoms with Crippen LogP contribution in [-0.4, -0.2) is 38.8 Å². The maximum absolute atomic E-state index is 12.2. The molecule has 3 N–H and O–H groups in total. The van der Waals surface area contributed by atoms with Gasteiger partial charge in [0.1, 0.15) is 6.04 Å². The number of nitrogens with one attached hydrogen (secondary N) is 1. The van der Waals surface area contributed by atoms with Crippen LogP contribution in [-0.2, 0) is 9.53 Å². The van der Waals surface area contributed by atoms with Gasteiger partial charge >= 0.3 is 0 Å². The van der Waals surface area contributed by atoms with E-state index in [1.165, 1.54) is 0 Å². The standard InChI is InChI=1S/C20H24ClN3O2/c1-15(16-3-2-4-17(21)13-16)22-14-20(25)23-18-5-7-19(8-6-18)24-9-11-26-12-10-24/h2-8,13,15,22H,9-12,14H2,1H3,(H,23,25)/p+1/t15-/m0/s1. The Kier molecular flexibility index (Phi) is 6.50. The van der Waals surface area contributed by atoms with E-state index in [9.17, 15) is 4.79 Å². The van der Waals surface area contributed by atoms with E-state index >= 15 is 0 Å². The minimum atomic E-state index is -0.0157. The van der Waals surface area contributed by atoms with Gasteiger partial charge in [-0.2, -0.15) is 0 Å². The number of nitrogens with zero attached hydrogens (tertiary/aromatic N) is 1. The van der Waals surface area contributed by atoms with Crippen LogP contribution in [0.15, 0.2) is 48.5 Å². The normalized spacial score (nSPS) is 15.5. The van der Waals surface area contributed by atoms with Crippen LogP contribution in [0, 0.1) is 0 Å². The summed E-state index contributed by atoms with van der Waals surface area (Å²) in [6, 6.07) is 15.9. The molecule has 26 heavy (non-hydrogen) atoms. The van der Waals surface area contributed by atoms with Crippen molar-refractivity contribution in [3.05, 3.63) is 59.1 Å². The minimum absolute atomic E-state index is 0.0157. The van der Waals surface area contributed by atoms with E-state index < -0.39 is 0 Å². The summed E-state index contributed by atoms with van der Waals surface area (Å²) in [5, 5.41) is 5.67. The third-order valence-corrected chi connectivity index (χ3v) is 4.79. The van der Waals surface area contributed by atoms with Crippen molar-refractivity contribution in [1.29, 1.82) is 0 Å². The lowest BCUT2D eigenvalue weighted by atomic mass is 10.1. The van der Waals surface area contributed by atoms with Crippen molar-refractivity contribution in [1.82, 2.24) is 0 Å². The Labute approximate surface area is 159 Å². The van der Waals surface area contributed by atoms with E-state index in [-0.39, 0.29) is 11.9 Å². The van der Waals surface area contributed by atoms with Gasteiger partial charge < -0.3 is 20.3 Å². The Morgan fingerprint density at radius 3 is 2.65 bits per heavy atom. The molecule has 2 aromatic carbocycles. The number of halogens is 1. The maximum Gasteiger partial charge on any atom is 0.279 e. The first kappa shape index (κ1) is 18.7. The zero-order chi connectivity index (χ0) is 18.4. The van der Waals surface area contributed by atoms with E-state index in [0.29, 0.717) is 11.6 Å². The zero-order valence-electron chi connectivity index (χ0n) is 15.0. The molecule has 1 fully saturated rings. The molecule has 5 nitrogen and oxygen atoms in total. The van der Waals surface area contributed by atoms with E-state index in [1.807, 2.05) is 53.8 Å². The highest BCUT2D eigenvalue weighted by molar-refractivity contribution is 6.30. The number of benzene rings is 2. The Balaban J connectivity index is 1.48. The topological polar surface area (TPSA) is 58.2 Å². The summed E-state index contributed by atoms with van der Waals surface area (Å²) >= 11 is 6.02. The van der Waals surface area contributed by atoms with Crippen LogP contribution in [0.4, 0.5) is 11.4 Å². The molecular formula is C20H25ClN3O2+. The van der Waals surface area contributed by atoms with Gasteiger partial charge in [-0.25, -0.2) is 0 Å². The summed E-state index contributed by atoms with van der Waals surface area (Å²) in [5.41, 5.74) is 3.09. The first-order valence-electron chi connectivity index (χ1n) is 8.93. The second-order valence-corrected chi connectivity index (χ2v) is 6.91. The molecule has 0 bridgehead atoms. The summed E-state index contributed by atoms with van der Waals surface area (Å²) in [5.74, 6) is -0.0157. The fraction of sp³-hybridized carbons (Fsp3) is 0.350. The summed E-state index contributed by atoms with van der Waals surface area (Å²) < 4.78 is 5.37. The van der Waals surface area contributed by atoms with E-state index in [1.54, 1.807) is 0 Å². The van der Waals surface area contributed by atoms with Gasteiger partial charge in [-0.05, 0) is 43.3 Å².